The van der Waals surface area contributed by atoms with E-state index in [4.69, 9.17) is 9.52 Å². The molecule has 0 aliphatic carbocycles. The zero-order valence-corrected chi connectivity index (χ0v) is 7.75. The Hall–Kier alpha value is -1.09. The lowest BCUT2D eigenvalue weighted by atomic mass is 10.1. The first-order chi connectivity index (χ1) is 6.29. The summed E-state index contributed by atoms with van der Waals surface area (Å²) in [5.74, 6) is -0.0212. The number of rotatable bonds is 5. The summed E-state index contributed by atoms with van der Waals surface area (Å²) in [6.45, 7) is 1.61. The Kier molecular flexibility index (Phi) is 3.71. The van der Waals surface area contributed by atoms with Crippen molar-refractivity contribution < 1.29 is 14.3 Å². The van der Waals surface area contributed by atoms with Crippen molar-refractivity contribution in [3.8, 4) is 0 Å². The van der Waals surface area contributed by atoms with Crippen molar-refractivity contribution in [3.63, 3.8) is 0 Å². The van der Waals surface area contributed by atoms with Crippen LogP contribution in [0.25, 0.3) is 0 Å². The Bertz CT molecular complexity index is 275. The molecule has 0 amide bonds. The minimum absolute atomic E-state index is 0.316. The van der Waals surface area contributed by atoms with Crippen molar-refractivity contribution in [3.05, 3.63) is 23.7 Å². The summed E-state index contributed by atoms with van der Waals surface area (Å²) in [7, 11) is 0. The molecule has 0 aromatic carbocycles. The molecule has 3 heteroatoms. The van der Waals surface area contributed by atoms with Crippen LogP contribution < -0.4 is 0 Å². The predicted octanol–water partition coefficient (Wildman–Crippen LogP) is 1.80. The molecule has 0 atom stereocenters. The largest absolute Gasteiger partial charge is 0.461 e. The minimum atomic E-state index is -0.480. The molecule has 0 aliphatic rings. The van der Waals surface area contributed by atoms with E-state index in [0.717, 1.165) is 24.8 Å². The molecule has 0 bridgehead atoms. The first-order valence-corrected chi connectivity index (χ1v) is 4.50. The first-order valence-electron chi connectivity index (χ1n) is 4.50. The Balaban J connectivity index is 2.71. The maximum Gasteiger partial charge on any atom is 0.223 e. The fraction of sp³-hybridized carbons (Fsp3) is 0.500. The number of hydrogen-bond donors (Lipinski definition) is 1. The van der Waals surface area contributed by atoms with Crippen LogP contribution in [0.3, 0.4) is 0 Å². The molecule has 13 heavy (non-hydrogen) atoms. The van der Waals surface area contributed by atoms with Crippen LogP contribution in [0.5, 0.6) is 0 Å². The molecule has 0 saturated carbocycles. The van der Waals surface area contributed by atoms with Crippen LogP contribution in [0.1, 0.15) is 35.9 Å². The van der Waals surface area contributed by atoms with Gasteiger partial charge in [0.1, 0.15) is 6.61 Å². The number of Topliss-reactive ketones (excluding diaryl/α,β-unsaturated/α-hetero) is 1. The number of hydrogen-bond acceptors (Lipinski definition) is 3. The Morgan fingerprint density at radius 2 is 2.38 bits per heavy atom. The second kappa shape index (κ2) is 4.82. The van der Waals surface area contributed by atoms with Crippen LogP contribution in [-0.2, 0) is 6.42 Å². The van der Waals surface area contributed by atoms with Crippen molar-refractivity contribution in [2.45, 2.75) is 26.2 Å². The highest BCUT2D eigenvalue weighted by atomic mass is 16.3. The summed E-state index contributed by atoms with van der Waals surface area (Å²) >= 11 is 0. The minimum Gasteiger partial charge on any atom is -0.461 e. The van der Waals surface area contributed by atoms with E-state index in [1.807, 2.05) is 0 Å². The molecule has 0 fully saturated rings. The molecule has 1 rings (SSSR count). The van der Waals surface area contributed by atoms with Crippen molar-refractivity contribution >= 4 is 5.78 Å². The van der Waals surface area contributed by atoms with Gasteiger partial charge in [-0.1, -0.05) is 13.3 Å². The molecule has 3 nitrogen and oxygen atoms in total. The van der Waals surface area contributed by atoms with Gasteiger partial charge < -0.3 is 9.52 Å². The van der Waals surface area contributed by atoms with E-state index < -0.39 is 6.61 Å². The third-order valence-electron chi connectivity index (χ3n) is 1.94. The Morgan fingerprint density at radius 1 is 1.62 bits per heavy atom. The second-order valence-corrected chi connectivity index (χ2v) is 2.96. The lowest BCUT2D eigenvalue weighted by Crippen LogP contribution is -2.05. The van der Waals surface area contributed by atoms with Gasteiger partial charge in [0.2, 0.25) is 5.78 Å². The van der Waals surface area contributed by atoms with Crippen LogP contribution >= 0.6 is 0 Å². The highest BCUT2D eigenvalue weighted by Crippen LogP contribution is 2.13. The second-order valence-electron chi connectivity index (χ2n) is 2.96. The molecular weight excluding hydrogens is 168 g/mol. The van der Waals surface area contributed by atoms with E-state index in [1.165, 1.54) is 6.26 Å². The third-order valence-corrected chi connectivity index (χ3v) is 1.94. The van der Waals surface area contributed by atoms with Gasteiger partial charge in [0.15, 0.2) is 5.76 Å². The van der Waals surface area contributed by atoms with Crippen molar-refractivity contribution in [1.82, 2.24) is 0 Å². The number of unbranched alkanes of at least 4 members (excludes halogenated alkanes) is 1. The molecule has 0 aliphatic heterocycles. The molecule has 0 unspecified atom stereocenters. The van der Waals surface area contributed by atoms with Gasteiger partial charge in [0, 0.05) is 5.56 Å². The molecule has 0 saturated heterocycles. The molecule has 72 valence electrons. The van der Waals surface area contributed by atoms with Gasteiger partial charge in [-0.25, -0.2) is 0 Å². The van der Waals surface area contributed by atoms with Crippen molar-refractivity contribution in [2.24, 2.45) is 0 Å². The first kappa shape index (κ1) is 9.99. The van der Waals surface area contributed by atoms with E-state index in [2.05, 4.69) is 6.92 Å². The lowest BCUT2D eigenvalue weighted by molar-refractivity contribution is 0.0874. The van der Waals surface area contributed by atoms with Crippen molar-refractivity contribution in [1.29, 1.82) is 0 Å². The summed E-state index contributed by atoms with van der Waals surface area (Å²) in [6.07, 6.45) is 4.45. The smallest absolute Gasteiger partial charge is 0.223 e. The summed E-state index contributed by atoms with van der Waals surface area (Å²) in [6, 6.07) is 1.79. The molecule has 0 radical (unpaired) electrons. The van der Waals surface area contributed by atoms with Gasteiger partial charge in [-0.3, -0.25) is 4.79 Å². The summed E-state index contributed by atoms with van der Waals surface area (Å²) in [4.78, 5) is 11.1. The average Bonchev–Trinajstić information content (AvgIpc) is 2.61. The summed E-state index contributed by atoms with van der Waals surface area (Å²) < 4.78 is 5.00. The van der Waals surface area contributed by atoms with E-state index in [9.17, 15) is 4.79 Å². The van der Waals surface area contributed by atoms with E-state index >= 15 is 0 Å². The number of carbonyl (C=O) groups excluding carboxylic acids is 1. The van der Waals surface area contributed by atoms with Crippen LogP contribution in [0.2, 0.25) is 0 Å². The molecule has 1 heterocycles. The zero-order valence-electron chi connectivity index (χ0n) is 7.75. The number of carbonyl (C=O) groups is 1. The van der Waals surface area contributed by atoms with Gasteiger partial charge in [0.05, 0.1) is 6.26 Å². The quantitative estimate of drug-likeness (QED) is 0.706. The molecule has 1 aromatic heterocycles. The fourth-order valence-electron chi connectivity index (χ4n) is 1.22. The highest BCUT2D eigenvalue weighted by molar-refractivity contribution is 5.95. The Labute approximate surface area is 77.4 Å². The SMILES string of the molecule is CCCCc1ccoc1C(=O)CO. The summed E-state index contributed by atoms with van der Waals surface area (Å²) in [5, 5.41) is 8.65. The molecule has 0 spiro atoms. The van der Waals surface area contributed by atoms with E-state index in [0.29, 0.717) is 5.76 Å². The van der Waals surface area contributed by atoms with Gasteiger partial charge in [-0.15, -0.1) is 0 Å². The molecule has 1 N–H and O–H groups in total. The third kappa shape index (κ3) is 2.42. The van der Waals surface area contributed by atoms with Crippen LogP contribution in [0, 0.1) is 0 Å². The zero-order chi connectivity index (χ0) is 9.68. The Morgan fingerprint density at radius 3 is 3.00 bits per heavy atom. The normalized spacial score (nSPS) is 10.3. The number of aliphatic hydroxyl groups is 1. The van der Waals surface area contributed by atoms with E-state index in [1.54, 1.807) is 6.07 Å². The topological polar surface area (TPSA) is 50.4 Å². The number of aryl methyl sites for hydroxylation is 1. The summed E-state index contributed by atoms with van der Waals surface area (Å²) in [5.41, 5.74) is 0.904. The van der Waals surface area contributed by atoms with Crippen LogP contribution in [-0.4, -0.2) is 17.5 Å². The number of furan rings is 1. The van der Waals surface area contributed by atoms with E-state index in [-0.39, 0.29) is 5.78 Å². The van der Waals surface area contributed by atoms with Gasteiger partial charge in [0.25, 0.3) is 0 Å². The monoisotopic (exact) mass is 182 g/mol. The number of aliphatic hydroxyl groups excluding tert-OH is 1. The van der Waals surface area contributed by atoms with Crippen molar-refractivity contribution in [2.75, 3.05) is 6.61 Å². The standard InChI is InChI=1S/C10H14O3/c1-2-3-4-8-5-6-13-10(8)9(12)7-11/h5-6,11H,2-4,7H2,1H3. The maximum absolute atomic E-state index is 11.1. The predicted molar refractivity (Wildman–Crippen MR) is 48.7 cm³/mol. The highest BCUT2D eigenvalue weighted by Gasteiger charge is 2.13. The molecule has 1 aromatic rings. The van der Waals surface area contributed by atoms with Gasteiger partial charge >= 0.3 is 0 Å². The number of ketones is 1. The molecular formula is C10H14O3. The van der Waals surface area contributed by atoms with Gasteiger partial charge in [-0.2, -0.15) is 0 Å². The van der Waals surface area contributed by atoms with Crippen LogP contribution in [0.15, 0.2) is 16.7 Å². The van der Waals surface area contributed by atoms with Crippen LogP contribution in [0.4, 0.5) is 0 Å². The van der Waals surface area contributed by atoms with Gasteiger partial charge in [-0.05, 0) is 18.9 Å². The lowest BCUT2D eigenvalue weighted by Gasteiger charge is -1.98. The fourth-order valence-corrected chi connectivity index (χ4v) is 1.22. The maximum atomic E-state index is 11.1. The average molecular weight is 182 g/mol.